The number of carbonyl (C=O) groups excluding carboxylic acids is 1. The van der Waals surface area contributed by atoms with Gasteiger partial charge in [-0.05, 0) is 43.0 Å². The van der Waals surface area contributed by atoms with Crippen molar-refractivity contribution in [1.82, 2.24) is 24.8 Å². The molecule has 1 fully saturated rings. The Labute approximate surface area is 158 Å². The highest BCUT2D eigenvalue weighted by Gasteiger charge is 2.21. The molecule has 0 radical (unpaired) electrons. The smallest absolute Gasteiger partial charge is 0.251 e. The van der Waals surface area contributed by atoms with Gasteiger partial charge < -0.3 is 14.8 Å². The summed E-state index contributed by atoms with van der Waals surface area (Å²) in [6.45, 7) is 2.54. The molecule has 0 saturated carbocycles. The van der Waals surface area contributed by atoms with Gasteiger partial charge in [-0.25, -0.2) is 9.97 Å². The number of imidazole rings is 1. The minimum atomic E-state index is -0.0381. The van der Waals surface area contributed by atoms with E-state index in [2.05, 4.69) is 25.2 Å². The zero-order valence-corrected chi connectivity index (χ0v) is 15.0. The predicted octanol–water partition coefficient (Wildman–Crippen LogP) is 2.31. The molecule has 27 heavy (non-hydrogen) atoms. The molecule has 0 spiro atoms. The van der Waals surface area contributed by atoms with Crippen LogP contribution < -0.4 is 10.2 Å². The molecule has 7 heteroatoms. The third-order valence-electron chi connectivity index (χ3n) is 4.88. The summed E-state index contributed by atoms with van der Waals surface area (Å²) in [5.41, 5.74) is 1.65. The van der Waals surface area contributed by atoms with Crippen molar-refractivity contribution >= 4 is 11.7 Å². The van der Waals surface area contributed by atoms with Crippen molar-refractivity contribution in [2.75, 3.05) is 24.5 Å². The van der Waals surface area contributed by atoms with Crippen molar-refractivity contribution in [1.29, 1.82) is 0 Å². The van der Waals surface area contributed by atoms with Crippen molar-refractivity contribution in [3.05, 3.63) is 67.1 Å². The Bertz CT molecular complexity index is 863. The average molecular weight is 362 g/mol. The molecule has 1 aliphatic heterocycles. The lowest BCUT2D eigenvalue weighted by Crippen LogP contribution is -2.41. The topological polar surface area (TPSA) is 75.9 Å². The van der Waals surface area contributed by atoms with Crippen molar-refractivity contribution < 1.29 is 4.79 Å². The molecular formula is C20H22N6O. The van der Waals surface area contributed by atoms with Crippen LogP contribution in [-0.4, -0.2) is 45.1 Å². The zero-order valence-electron chi connectivity index (χ0n) is 15.0. The van der Waals surface area contributed by atoms with E-state index in [1.807, 2.05) is 35.0 Å². The first-order chi connectivity index (χ1) is 13.3. The fourth-order valence-corrected chi connectivity index (χ4v) is 3.43. The van der Waals surface area contributed by atoms with Gasteiger partial charge in [0.15, 0.2) is 0 Å². The molecule has 1 unspecified atom stereocenters. The lowest BCUT2D eigenvalue weighted by Gasteiger charge is -2.33. The van der Waals surface area contributed by atoms with Crippen LogP contribution in [0, 0.1) is 5.92 Å². The molecular weight excluding hydrogens is 340 g/mol. The van der Waals surface area contributed by atoms with Gasteiger partial charge in [0, 0.05) is 55.7 Å². The number of hydrogen-bond donors (Lipinski definition) is 1. The second-order valence-corrected chi connectivity index (χ2v) is 6.74. The molecule has 1 aliphatic rings. The number of amides is 1. The molecule has 138 valence electrons. The van der Waals surface area contributed by atoms with Gasteiger partial charge >= 0.3 is 0 Å². The Morgan fingerprint density at radius 2 is 2.04 bits per heavy atom. The van der Waals surface area contributed by atoms with Crippen molar-refractivity contribution in [3.8, 4) is 5.69 Å². The highest BCUT2D eigenvalue weighted by atomic mass is 16.1. The third kappa shape index (κ3) is 4.13. The molecule has 1 aromatic carbocycles. The molecule has 0 aliphatic carbocycles. The van der Waals surface area contributed by atoms with E-state index < -0.39 is 0 Å². The molecule has 1 amide bonds. The molecule has 1 saturated heterocycles. The monoisotopic (exact) mass is 362 g/mol. The van der Waals surface area contributed by atoms with E-state index in [0.717, 1.165) is 37.4 Å². The molecule has 3 heterocycles. The van der Waals surface area contributed by atoms with E-state index in [-0.39, 0.29) is 5.91 Å². The van der Waals surface area contributed by atoms with E-state index >= 15 is 0 Å². The van der Waals surface area contributed by atoms with Gasteiger partial charge in [-0.2, -0.15) is 0 Å². The normalized spacial score (nSPS) is 16.9. The number of nitrogens with one attached hydrogen (secondary N) is 1. The van der Waals surface area contributed by atoms with Crippen LogP contribution >= 0.6 is 0 Å². The molecule has 0 bridgehead atoms. The van der Waals surface area contributed by atoms with E-state index in [4.69, 9.17) is 0 Å². The van der Waals surface area contributed by atoms with Gasteiger partial charge in [0.25, 0.3) is 5.91 Å². The standard InChI is InChI=1S/C20H22N6O/c27-20(17-3-5-18(6-4-17)26-11-9-22-15-26)24-12-16-2-1-10-25(14-16)19-13-21-7-8-23-19/h3-9,11,13,15-16H,1-2,10,12,14H2,(H,24,27). The molecule has 4 rings (SSSR count). The number of nitrogens with zero attached hydrogens (tertiary/aromatic N) is 5. The summed E-state index contributed by atoms with van der Waals surface area (Å²) in [4.78, 5) is 27.3. The zero-order chi connectivity index (χ0) is 18.5. The number of benzene rings is 1. The van der Waals surface area contributed by atoms with Crippen LogP contribution in [0.1, 0.15) is 23.2 Å². The predicted molar refractivity (Wildman–Crippen MR) is 103 cm³/mol. The number of anilines is 1. The van der Waals surface area contributed by atoms with E-state index in [9.17, 15) is 4.79 Å². The Hall–Kier alpha value is -3.22. The highest BCUT2D eigenvalue weighted by molar-refractivity contribution is 5.94. The minimum Gasteiger partial charge on any atom is -0.355 e. The molecule has 1 atom stereocenters. The summed E-state index contributed by atoms with van der Waals surface area (Å²) in [5.74, 6) is 1.28. The molecule has 7 nitrogen and oxygen atoms in total. The van der Waals surface area contributed by atoms with Gasteiger partial charge in [-0.1, -0.05) is 0 Å². The van der Waals surface area contributed by atoms with Crippen LogP contribution in [0.2, 0.25) is 0 Å². The number of rotatable bonds is 5. The maximum absolute atomic E-state index is 12.5. The van der Waals surface area contributed by atoms with E-state index in [1.165, 1.54) is 0 Å². The van der Waals surface area contributed by atoms with Crippen LogP contribution in [0.4, 0.5) is 5.82 Å². The minimum absolute atomic E-state index is 0.0381. The number of piperidine rings is 1. The van der Waals surface area contributed by atoms with E-state index in [1.54, 1.807) is 31.1 Å². The third-order valence-corrected chi connectivity index (χ3v) is 4.88. The largest absolute Gasteiger partial charge is 0.355 e. The fourth-order valence-electron chi connectivity index (χ4n) is 3.43. The number of hydrogen-bond acceptors (Lipinski definition) is 5. The summed E-state index contributed by atoms with van der Waals surface area (Å²) in [6.07, 6.45) is 12.7. The summed E-state index contributed by atoms with van der Waals surface area (Å²) in [5, 5.41) is 3.07. The molecule has 1 N–H and O–H groups in total. The SMILES string of the molecule is O=C(NCC1CCCN(c2cnccn2)C1)c1ccc(-n2ccnc2)cc1. The van der Waals surface area contributed by atoms with Crippen LogP contribution in [-0.2, 0) is 0 Å². The molecule has 3 aromatic rings. The van der Waals surface area contributed by atoms with Gasteiger partial charge in [-0.15, -0.1) is 0 Å². The van der Waals surface area contributed by atoms with Crippen LogP contribution in [0.3, 0.4) is 0 Å². The summed E-state index contributed by atoms with van der Waals surface area (Å²) in [6, 6.07) is 7.54. The second-order valence-electron chi connectivity index (χ2n) is 6.74. The van der Waals surface area contributed by atoms with Gasteiger partial charge in [0.2, 0.25) is 0 Å². The second kappa shape index (κ2) is 7.99. The lowest BCUT2D eigenvalue weighted by atomic mass is 9.98. The quantitative estimate of drug-likeness (QED) is 0.754. The van der Waals surface area contributed by atoms with Gasteiger partial charge in [0.05, 0.1) is 12.5 Å². The number of carbonyl (C=O) groups is 1. The fraction of sp³-hybridized carbons (Fsp3) is 0.300. The summed E-state index contributed by atoms with van der Waals surface area (Å²) >= 11 is 0. The summed E-state index contributed by atoms with van der Waals surface area (Å²) < 4.78 is 1.91. The van der Waals surface area contributed by atoms with E-state index in [0.29, 0.717) is 18.0 Å². The Morgan fingerprint density at radius 1 is 1.15 bits per heavy atom. The van der Waals surface area contributed by atoms with Crippen molar-refractivity contribution in [3.63, 3.8) is 0 Å². The van der Waals surface area contributed by atoms with Crippen molar-refractivity contribution in [2.45, 2.75) is 12.8 Å². The Morgan fingerprint density at radius 3 is 2.78 bits per heavy atom. The molecule has 2 aromatic heterocycles. The Kier molecular flexibility index (Phi) is 5.09. The maximum Gasteiger partial charge on any atom is 0.251 e. The van der Waals surface area contributed by atoms with Crippen LogP contribution in [0.5, 0.6) is 0 Å². The van der Waals surface area contributed by atoms with Crippen LogP contribution in [0.25, 0.3) is 5.69 Å². The summed E-state index contributed by atoms with van der Waals surface area (Å²) in [7, 11) is 0. The van der Waals surface area contributed by atoms with Gasteiger partial charge in [0.1, 0.15) is 5.82 Å². The first kappa shape index (κ1) is 17.2. The Balaban J connectivity index is 1.32. The maximum atomic E-state index is 12.5. The van der Waals surface area contributed by atoms with Crippen LogP contribution in [0.15, 0.2) is 61.6 Å². The average Bonchev–Trinajstić information content (AvgIpc) is 3.28. The van der Waals surface area contributed by atoms with Crippen molar-refractivity contribution in [2.24, 2.45) is 5.92 Å². The first-order valence-corrected chi connectivity index (χ1v) is 9.17. The lowest BCUT2D eigenvalue weighted by molar-refractivity contribution is 0.0945. The highest BCUT2D eigenvalue weighted by Crippen LogP contribution is 2.20. The number of aromatic nitrogens is 4. The first-order valence-electron chi connectivity index (χ1n) is 9.17. The van der Waals surface area contributed by atoms with Gasteiger partial charge in [-0.3, -0.25) is 9.78 Å².